The maximum Gasteiger partial charge on any atom is 0.320 e. The second-order valence-electron chi connectivity index (χ2n) is 19.2. The average Bonchev–Trinajstić information content (AvgIpc) is 2.89. The van der Waals surface area contributed by atoms with Gasteiger partial charge in [0.25, 0.3) is 0 Å². The normalized spacial score (nSPS) is 18.1. The molecule has 0 aromatic heterocycles. The fourth-order valence-corrected chi connectivity index (χ4v) is 6.34. The SMILES string of the molecule is CC[C@H](CN(CC(=O)OC(C)(C)C)[C@H]1CCCC[C@@H]1N(CC(=O)OC(C)(C)C)CC(=O)OC(C)(C)C)N(CC(=O)OC(C)(C)C)CC(=O)OC(C)(C)C. The molecule has 0 saturated heterocycles. The minimum atomic E-state index is -0.738. The van der Waals surface area contributed by atoms with Crippen molar-refractivity contribution in [3.05, 3.63) is 0 Å². The second kappa shape index (κ2) is 19.7. The van der Waals surface area contributed by atoms with E-state index in [0.29, 0.717) is 19.3 Å². The lowest BCUT2D eigenvalue weighted by molar-refractivity contribution is -0.164. The molecule has 0 radical (unpaired) electrons. The molecule has 0 aromatic rings. The molecule has 1 fully saturated rings. The Hall–Kier alpha value is -2.77. The number of carbonyl (C=O) groups excluding carboxylic acids is 5. The Balaban J connectivity index is 3.72. The quantitative estimate of drug-likeness (QED) is 0.141. The first-order valence-corrected chi connectivity index (χ1v) is 19.2. The molecule has 3 atom stereocenters. The zero-order valence-electron chi connectivity index (χ0n) is 35.9. The molecular weight excluding hydrogens is 682 g/mol. The van der Waals surface area contributed by atoms with Crippen LogP contribution >= 0.6 is 0 Å². The summed E-state index contributed by atoms with van der Waals surface area (Å²) in [7, 11) is 0. The standard InChI is InChI=1S/C40H73N3O10/c1-17-28(41(23-31(44)49-36(2,3)4)24-32(45)50-37(5,6)7)22-42(25-33(46)51-38(8,9)10)29-20-18-19-21-30(29)43(26-34(47)52-39(11,12)13)27-35(48)53-40(14,15)16/h28-30H,17-27H2,1-16H3/t28-,29+,30+/m1/s1. The van der Waals surface area contributed by atoms with Gasteiger partial charge < -0.3 is 23.7 Å². The summed E-state index contributed by atoms with van der Waals surface area (Å²) in [6.45, 7) is 28.4. The van der Waals surface area contributed by atoms with Crippen LogP contribution in [-0.2, 0) is 47.7 Å². The summed E-state index contributed by atoms with van der Waals surface area (Å²) in [5, 5.41) is 0. The van der Waals surface area contributed by atoms with Crippen LogP contribution in [0.3, 0.4) is 0 Å². The van der Waals surface area contributed by atoms with E-state index in [9.17, 15) is 24.0 Å². The van der Waals surface area contributed by atoms with Crippen molar-refractivity contribution in [2.75, 3.05) is 39.3 Å². The molecule has 0 amide bonds. The van der Waals surface area contributed by atoms with Gasteiger partial charge in [0.2, 0.25) is 0 Å². The summed E-state index contributed by atoms with van der Waals surface area (Å²) in [5.41, 5.74) is -3.68. The van der Waals surface area contributed by atoms with Crippen molar-refractivity contribution in [3.63, 3.8) is 0 Å². The first kappa shape index (κ1) is 48.2. The van der Waals surface area contributed by atoms with Gasteiger partial charge in [-0.1, -0.05) is 19.8 Å². The number of hydrogen-bond acceptors (Lipinski definition) is 13. The molecule has 0 N–H and O–H groups in total. The molecule has 13 heteroatoms. The van der Waals surface area contributed by atoms with E-state index in [-0.39, 0.29) is 51.4 Å². The summed E-state index contributed by atoms with van der Waals surface area (Å²) in [6.07, 6.45) is 3.54. The van der Waals surface area contributed by atoms with Gasteiger partial charge in [-0.15, -0.1) is 0 Å². The van der Waals surface area contributed by atoms with Crippen molar-refractivity contribution >= 4 is 29.8 Å². The van der Waals surface area contributed by atoms with Crippen molar-refractivity contribution in [1.82, 2.24) is 14.7 Å². The molecule has 0 bridgehead atoms. The molecule has 0 aliphatic heterocycles. The predicted molar refractivity (Wildman–Crippen MR) is 204 cm³/mol. The van der Waals surface area contributed by atoms with E-state index < -0.39 is 63.9 Å². The fraction of sp³-hybridized carbons (Fsp3) is 0.875. The predicted octanol–water partition coefficient (Wildman–Crippen LogP) is 5.69. The molecule has 13 nitrogen and oxygen atoms in total. The van der Waals surface area contributed by atoms with Gasteiger partial charge >= 0.3 is 29.8 Å². The van der Waals surface area contributed by atoms with Crippen LogP contribution in [0.25, 0.3) is 0 Å². The van der Waals surface area contributed by atoms with Crippen LogP contribution in [0.2, 0.25) is 0 Å². The number of hydrogen-bond donors (Lipinski definition) is 0. The average molecular weight is 756 g/mol. The minimum absolute atomic E-state index is 0.0889. The van der Waals surface area contributed by atoms with Crippen LogP contribution in [-0.4, -0.2) is 130 Å². The number of carbonyl (C=O) groups is 5. The molecule has 1 aliphatic carbocycles. The van der Waals surface area contributed by atoms with E-state index in [2.05, 4.69) is 0 Å². The van der Waals surface area contributed by atoms with Crippen LogP contribution in [0.1, 0.15) is 143 Å². The third-order valence-corrected chi connectivity index (χ3v) is 7.83. The first-order chi connectivity index (χ1) is 23.9. The van der Waals surface area contributed by atoms with E-state index in [1.165, 1.54) is 0 Å². The van der Waals surface area contributed by atoms with Gasteiger partial charge in [-0.25, -0.2) is 0 Å². The Labute approximate surface area is 320 Å². The van der Waals surface area contributed by atoms with Gasteiger partial charge in [0.15, 0.2) is 0 Å². The number of ether oxygens (including phenoxy) is 5. The van der Waals surface area contributed by atoms with Crippen LogP contribution in [0.4, 0.5) is 0 Å². The number of nitrogens with zero attached hydrogens (tertiary/aromatic N) is 3. The molecule has 1 saturated carbocycles. The van der Waals surface area contributed by atoms with Gasteiger partial charge in [-0.05, 0) is 123 Å². The van der Waals surface area contributed by atoms with Gasteiger partial charge in [0.05, 0.1) is 32.7 Å². The van der Waals surface area contributed by atoms with E-state index in [0.717, 1.165) is 12.8 Å². The molecule has 0 heterocycles. The highest BCUT2D eigenvalue weighted by atomic mass is 16.6. The lowest BCUT2D eigenvalue weighted by Gasteiger charge is -2.46. The Morgan fingerprint density at radius 3 is 1.02 bits per heavy atom. The Morgan fingerprint density at radius 2 is 0.736 bits per heavy atom. The summed E-state index contributed by atoms with van der Waals surface area (Å²) in [4.78, 5) is 72.2. The molecule has 0 aromatic carbocycles. The zero-order chi connectivity index (χ0) is 41.2. The highest BCUT2D eigenvalue weighted by Gasteiger charge is 2.40. The van der Waals surface area contributed by atoms with E-state index >= 15 is 0 Å². The van der Waals surface area contributed by atoms with Crippen molar-refractivity contribution in [2.45, 2.75) is 189 Å². The van der Waals surface area contributed by atoms with Crippen molar-refractivity contribution in [2.24, 2.45) is 0 Å². The van der Waals surface area contributed by atoms with Crippen LogP contribution in [0.15, 0.2) is 0 Å². The van der Waals surface area contributed by atoms with E-state index in [4.69, 9.17) is 23.7 Å². The monoisotopic (exact) mass is 756 g/mol. The zero-order valence-corrected chi connectivity index (χ0v) is 35.9. The third kappa shape index (κ3) is 21.6. The van der Waals surface area contributed by atoms with Crippen molar-refractivity contribution in [3.8, 4) is 0 Å². The topological polar surface area (TPSA) is 141 Å². The second-order valence-corrected chi connectivity index (χ2v) is 19.2. The Kier molecular flexibility index (Phi) is 17.9. The van der Waals surface area contributed by atoms with Crippen LogP contribution in [0, 0.1) is 0 Å². The summed E-state index contributed by atoms with van der Waals surface area (Å²) in [6, 6.07) is -1.04. The van der Waals surface area contributed by atoms with Gasteiger partial charge in [-0.2, -0.15) is 0 Å². The highest BCUT2D eigenvalue weighted by molar-refractivity contribution is 5.76. The van der Waals surface area contributed by atoms with Crippen LogP contribution < -0.4 is 0 Å². The maximum absolute atomic E-state index is 13.6. The van der Waals surface area contributed by atoms with Gasteiger partial charge in [0.1, 0.15) is 28.0 Å². The van der Waals surface area contributed by atoms with Crippen molar-refractivity contribution in [1.29, 1.82) is 0 Å². The van der Waals surface area contributed by atoms with E-state index in [1.54, 1.807) is 109 Å². The summed E-state index contributed by atoms with van der Waals surface area (Å²) < 4.78 is 28.5. The summed E-state index contributed by atoms with van der Waals surface area (Å²) >= 11 is 0. The molecule has 1 rings (SSSR count). The molecule has 1 aliphatic rings. The minimum Gasteiger partial charge on any atom is -0.459 e. The molecular formula is C40H73N3O10. The maximum atomic E-state index is 13.6. The van der Waals surface area contributed by atoms with E-state index in [1.807, 2.05) is 16.7 Å². The van der Waals surface area contributed by atoms with Gasteiger partial charge in [-0.3, -0.25) is 38.7 Å². The lowest BCUT2D eigenvalue weighted by atomic mass is 9.87. The molecule has 0 unspecified atom stereocenters. The third-order valence-electron chi connectivity index (χ3n) is 7.83. The fourth-order valence-electron chi connectivity index (χ4n) is 6.34. The Morgan fingerprint density at radius 1 is 0.472 bits per heavy atom. The molecule has 53 heavy (non-hydrogen) atoms. The number of rotatable bonds is 16. The largest absolute Gasteiger partial charge is 0.459 e. The molecule has 0 spiro atoms. The highest BCUT2D eigenvalue weighted by Crippen LogP contribution is 2.29. The number of esters is 5. The smallest absolute Gasteiger partial charge is 0.320 e. The first-order valence-electron chi connectivity index (χ1n) is 19.2. The van der Waals surface area contributed by atoms with Crippen LogP contribution in [0.5, 0.6) is 0 Å². The van der Waals surface area contributed by atoms with Gasteiger partial charge in [0, 0.05) is 24.7 Å². The Bertz CT molecular complexity index is 1160. The molecule has 308 valence electrons. The van der Waals surface area contributed by atoms with Crippen molar-refractivity contribution < 1.29 is 47.7 Å². The lowest BCUT2D eigenvalue weighted by Crippen LogP contribution is -2.60. The summed E-state index contributed by atoms with van der Waals surface area (Å²) in [5.74, 6) is -2.37.